The van der Waals surface area contributed by atoms with Gasteiger partial charge in [-0.1, -0.05) is 30.0 Å². The lowest BCUT2D eigenvalue weighted by Crippen LogP contribution is -2.73. The number of aryl methyl sites for hydroxylation is 1. The molecule has 8 nitrogen and oxygen atoms in total. The third kappa shape index (κ3) is 3.87. The minimum atomic E-state index is -1.63. The molecule has 2 aliphatic rings. The Labute approximate surface area is 206 Å². The number of aliphatic hydroxyl groups is 1. The maximum atomic E-state index is 15.1. The van der Waals surface area contributed by atoms with Crippen molar-refractivity contribution < 1.29 is 23.5 Å². The van der Waals surface area contributed by atoms with E-state index >= 15 is 8.78 Å². The van der Waals surface area contributed by atoms with Crippen molar-refractivity contribution >= 4 is 23.4 Å². The lowest BCUT2D eigenvalue weighted by Gasteiger charge is -2.53. The number of imidazole rings is 1. The molecule has 2 fully saturated rings. The number of fused-ring (bicyclic) bond motifs is 1. The van der Waals surface area contributed by atoms with Gasteiger partial charge in [-0.3, -0.25) is 14.6 Å². The largest absolute Gasteiger partial charge is 0.373 e. The predicted octanol–water partition coefficient (Wildman–Crippen LogP) is 2.85. The molecule has 2 unspecified atom stereocenters. The number of benzene rings is 2. The topological polar surface area (TPSA) is 81.9 Å². The van der Waals surface area contributed by atoms with Gasteiger partial charge in [0.1, 0.15) is 17.5 Å². The van der Waals surface area contributed by atoms with E-state index in [2.05, 4.69) is 16.8 Å². The van der Waals surface area contributed by atoms with Crippen LogP contribution in [0.1, 0.15) is 24.5 Å². The van der Waals surface area contributed by atoms with E-state index in [4.69, 9.17) is 0 Å². The van der Waals surface area contributed by atoms with E-state index in [0.29, 0.717) is 16.3 Å². The van der Waals surface area contributed by atoms with E-state index in [0.717, 1.165) is 12.1 Å². The molecule has 3 amide bonds. The summed E-state index contributed by atoms with van der Waals surface area (Å²) in [4.78, 5) is 34.4. The molecule has 1 aromatic heterocycles. The van der Waals surface area contributed by atoms with E-state index in [1.807, 2.05) is 6.07 Å². The van der Waals surface area contributed by atoms with Crippen LogP contribution in [0.15, 0.2) is 55.0 Å². The van der Waals surface area contributed by atoms with Crippen LogP contribution in [0, 0.1) is 23.5 Å². The van der Waals surface area contributed by atoms with Gasteiger partial charge in [-0.05, 0) is 31.2 Å². The number of aliphatic hydroxyl groups excluding tert-OH is 1. The zero-order valence-electron chi connectivity index (χ0n) is 19.7. The number of aromatic nitrogens is 2. The van der Waals surface area contributed by atoms with Crippen LogP contribution in [0.4, 0.5) is 25.1 Å². The lowest BCUT2D eigenvalue weighted by atomic mass is 9.87. The summed E-state index contributed by atoms with van der Waals surface area (Å²) in [7, 11) is 1.77. The zero-order chi connectivity index (χ0) is 25.6. The zero-order valence-corrected chi connectivity index (χ0v) is 19.7. The van der Waals surface area contributed by atoms with Crippen molar-refractivity contribution in [3.8, 4) is 11.8 Å². The van der Waals surface area contributed by atoms with Gasteiger partial charge >= 0.3 is 6.03 Å². The first-order valence-corrected chi connectivity index (χ1v) is 11.3. The Morgan fingerprint density at radius 2 is 1.72 bits per heavy atom. The van der Waals surface area contributed by atoms with Crippen LogP contribution < -0.4 is 9.80 Å². The first kappa shape index (κ1) is 23.5. The number of piperazine rings is 1. The molecule has 0 bridgehead atoms. The fraction of sp³-hybridized carbons (Fsp3) is 0.269. The Kier molecular flexibility index (Phi) is 5.73. The molecule has 184 valence electrons. The van der Waals surface area contributed by atoms with Crippen LogP contribution in [0.5, 0.6) is 0 Å². The van der Waals surface area contributed by atoms with Gasteiger partial charge < -0.3 is 14.6 Å². The molecule has 1 N–H and O–H groups in total. The Hall–Kier alpha value is -4.23. The van der Waals surface area contributed by atoms with Gasteiger partial charge in [0.2, 0.25) is 0 Å². The van der Waals surface area contributed by atoms with Crippen molar-refractivity contribution in [1.29, 1.82) is 0 Å². The number of hydrogen-bond donors (Lipinski definition) is 1. The highest BCUT2D eigenvalue weighted by atomic mass is 19.1. The SMILES string of the molecule is Cn1cnc(N2CCN3C(=O)N(c4c(F)cc(C#Cc5ccccc5)cc4F)C(O)CC3(C)C2=O)c1. The third-order valence-corrected chi connectivity index (χ3v) is 6.51. The second kappa shape index (κ2) is 8.77. The quantitative estimate of drug-likeness (QED) is 0.559. The minimum Gasteiger partial charge on any atom is -0.373 e. The van der Waals surface area contributed by atoms with Crippen molar-refractivity contribution in [2.45, 2.75) is 25.1 Å². The average molecular weight is 491 g/mol. The number of amides is 3. The van der Waals surface area contributed by atoms with E-state index in [9.17, 15) is 14.7 Å². The second-order valence-corrected chi connectivity index (χ2v) is 9.02. The predicted molar refractivity (Wildman–Crippen MR) is 128 cm³/mol. The van der Waals surface area contributed by atoms with E-state index in [1.54, 1.807) is 48.4 Å². The first-order valence-electron chi connectivity index (χ1n) is 11.3. The van der Waals surface area contributed by atoms with Crippen LogP contribution >= 0.6 is 0 Å². The molecule has 5 rings (SSSR count). The summed E-state index contributed by atoms with van der Waals surface area (Å²) in [6, 6.07) is 10.1. The summed E-state index contributed by atoms with van der Waals surface area (Å²) < 4.78 is 32.0. The van der Waals surface area contributed by atoms with Crippen molar-refractivity contribution in [2.24, 2.45) is 7.05 Å². The van der Waals surface area contributed by atoms with Gasteiger partial charge in [0.25, 0.3) is 5.91 Å². The highest BCUT2D eigenvalue weighted by Crippen LogP contribution is 2.39. The molecule has 2 aromatic carbocycles. The molecule has 2 saturated heterocycles. The number of hydrogen-bond acceptors (Lipinski definition) is 4. The molecule has 0 saturated carbocycles. The normalized spacial score (nSPS) is 21.8. The number of carbonyl (C=O) groups is 2. The molecule has 0 spiro atoms. The van der Waals surface area contributed by atoms with Crippen molar-refractivity contribution in [2.75, 3.05) is 22.9 Å². The number of halogens is 2. The Morgan fingerprint density at radius 3 is 2.36 bits per heavy atom. The number of rotatable bonds is 2. The Morgan fingerprint density at radius 1 is 1.06 bits per heavy atom. The van der Waals surface area contributed by atoms with Crippen molar-refractivity contribution in [1.82, 2.24) is 14.5 Å². The van der Waals surface area contributed by atoms with Crippen molar-refractivity contribution in [3.63, 3.8) is 0 Å². The fourth-order valence-electron chi connectivity index (χ4n) is 4.70. The molecule has 0 aliphatic carbocycles. The summed E-state index contributed by atoms with van der Waals surface area (Å²) in [5.41, 5.74) is -1.32. The average Bonchev–Trinajstić information content (AvgIpc) is 3.27. The minimum absolute atomic E-state index is 0.0838. The molecule has 2 atom stereocenters. The monoisotopic (exact) mass is 491 g/mol. The summed E-state index contributed by atoms with van der Waals surface area (Å²) in [6.45, 7) is 1.79. The summed E-state index contributed by atoms with van der Waals surface area (Å²) in [5, 5.41) is 10.9. The van der Waals surface area contributed by atoms with Gasteiger partial charge in [0.15, 0.2) is 17.5 Å². The first-order chi connectivity index (χ1) is 17.2. The highest BCUT2D eigenvalue weighted by Gasteiger charge is 2.56. The van der Waals surface area contributed by atoms with Crippen LogP contribution in [0.25, 0.3) is 0 Å². The summed E-state index contributed by atoms with van der Waals surface area (Å²) >= 11 is 0. The molecule has 0 radical (unpaired) electrons. The number of nitrogens with zero attached hydrogens (tertiary/aromatic N) is 5. The van der Waals surface area contributed by atoms with E-state index in [1.165, 1.54) is 16.7 Å². The van der Waals surface area contributed by atoms with Crippen LogP contribution in [0.2, 0.25) is 0 Å². The molecule has 3 aromatic rings. The number of anilines is 2. The number of carbonyl (C=O) groups excluding carboxylic acids is 2. The van der Waals surface area contributed by atoms with E-state index in [-0.39, 0.29) is 25.1 Å². The standard InChI is InChI=1S/C26H23F2N5O3/c1-26-14-22(34)33(25(36)32(26)11-10-31(24(26)35)21-15-30(2)16-29-21)23-19(27)12-18(13-20(23)28)9-8-17-6-4-3-5-7-17/h3-7,12-13,15-16,22,34H,10-11,14H2,1-2H3. The van der Waals surface area contributed by atoms with Gasteiger partial charge in [-0.2, -0.15) is 0 Å². The summed E-state index contributed by atoms with van der Waals surface area (Å²) in [5.74, 6) is 3.46. The van der Waals surface area contributed by atoms with Crippen LogP contribution in [-0.2, 0) is 11.8 Å². The smallest absolute Gasteiger partial charge is 0.327 e. The molecule has 36 heavy (non-hydrogen) atoms. The van der Waals surface area contributed by atoms with Crippen LogP contribution in [-0.4, -0.2) is 56.4 Å². The third-order valence-electron chi connectivity index (χ3n) is 6.51. The Balaban J connectivity index is 1.44. The molecule has 3 heterocycles. The summed E-state index contributed by atoms with van der Waals surface area (Å²) in [6.07, 6.45) is 1.36. The maximum Gasteiger partial charge on any atom is 0.327 e. The maximum absolute atomic E-state index is 15.1. The lowest BCUT2D eigenvalue weighted by molar-refractivity contribution is -0.134. The number of urea groups is 1. The molecule has 10 heteroatoms. The Bertz CT molecular complexity index is 1390. The van der Waals surface area contributed by atoms with Crippen molar-refractivity contribution in [3.05, 3.63) is 77.8 Å². The van der Waals surface area contributed by atoms with E-state index < -0.39 is 41.0 Å². The highest BCUT2D eigenvalue weighted by molar-refractivity contribution is 6.06. The van der Waals surface area contributed by atoms with Gasteiger partial charge in [-0.15, -0.1) is 0 Å². The second-order valence-electron chi connectivity index (χ2n) is 9.02. The molecular formula is C26H23F2N5O3. The van der Waals surface area contributed by atoms with Gasteiger partial charge in [-0.25, -0.2) is 18.6 Å². The van der Waals surface area contributed by atoms with Gasteiger partial charge in [0, 0.05) is 43.9 Å². The fourth-order valence-corrected chi connectivity index (χ4v) is 4.70. The van der Waals surface area contributed by atoms with Gasteiger partial charge in [0.05, 0.1) is 6.33 Å². The molecule has 2 aliphatic heterocycles. The van der Waals surface area contributed by atoms with Crippen LogP contribution in [0.3, 0.4) is 0 Å². The molecular weight excluding hydrogens is 468 g/mol.